The number of esters is 1. The van der Waals surface area contributed by atoms with Crippen molar-refractivity contribution in [1.82, 2.24) is 0 Å². The van der Waals surface area contributed by atoms with Crippen LogP contribution in [0.15, 0.2) is 0 Å². The lowest BCUT2D eigenvalue weighted by Crippen LogP contribution is -2.45. The van der Waals surface area contributed by atoms with Crippen molar-refractivity contribution in [3.63, 3.8) is 0 Å². The molecular formula is C13H27NO3. The van der Waals surface area contributed by atoms with Crippen LogP contribution < -0.4 is 5.73 Å². The largest absolute Gasteiger partial charge is 0.468 e. The second-order valence-corrected chi connectivity index (χ2v) is 5.16. The molecule has 0 rings (SSSR count). The summed E-state index contributed by atoms with van der Waals surface area (Å²) in [4.78, 5) is 11.3. The zero-order valence-electron chi connectivity index (χ0n) is 11.6. The first kappa shape index (κ1) is 16.4. The maximum atomic E-state index is 11.3. The van der Waals surface area contributed by atoms with E-state index in [-0.39, 0.29) is 5.97 Å². The lowest BCUT2D eigenvalue weighted by Gasteiger charge is -2.21. The maximum absolute atomic E-state index is 11.3. The number of carbonyl (C=O) groups is 1. The van der Waals surface area contributed by atoms with E-state index in [2.05, 4.69) is 18.6 Å². The average molecular weight is 245 g/mol. The molecule has 1 unspecified atom stereocenters. The Morgan fingerprint density at radius 3 is 2.41 bits per heavy atom. The summed E-state index contributed by atoms with van der Waals surface area (Å²) in [6.07, 6.45) is 3.65. The summed E-state index contributed by atoms with van der Waals surface area (Å²) < 4.78 is 10.1. The molecule has 1 atom stereocenters. The number of hydrogen-bond acceptors (Lipinski definition) is 4. The monoisotopic (exact) mass is 245 g/mol. The van der Waals surface area contributed by atoms with Crippen LogP contribution in [-0.2, 0) is 14.3 Å². The summed E-state index contributed by atoms with van der Waals surface area (Å²) in [5.74, 6) is 0.363. The van der Waals surface area contributed by atoms with Crippen molar-refractivity contribution in [1.29, 1.82) is 0 Å². The highest BCUT2D eigenvalue weighted by molar-refractivity contribution is 5.79. The van der Waals surface area contributed by atoms with E-state index in [1.54, 1.807) is 6.92 Å². The molecule has 2 N–H and O–H groups in total. The average Bonchev–Trinajstić information content (AvgIpc) is 2.26. The number of nitrogens with two attached hydrogens (primary N) is 1. The van der Waals surface area contributed by atoms with Gasteiger partial charge in [-0.1, -0.05) is 13.8 Å². The van der Waals surface area contributed by atoms with Crippen LogP contribution in [0.4, 0.5) is 0 Å². The molecular weight excluding hydrogens is 218 g/mol. The van der Waals surface area contributed by atoms with Crippen molar-refractivity contribution in [2.45, 2.75) is 52.0 Å². The van der Waals surface area contributed by atoms with Gasteiger partial charge in [0.15, 0.2) is 0 Å². The first-order chi connectivity index (χ1) is 7.90. The Kier molecular flexibility index (Phi) is 8.17. The number of methoxy groups -OCH3 is 1. The molecule has 0 amide bonds. The van der Waals surface area contributed by atoms with E-state index in [9.17, 15) is 4.79 Å². The molecule has 0 saturated carbocycles. The number of rotatable bonds is 9. The van der Waals surface area contributed by atoms with Gasteiger partial charge in [0.1, 0.15) is 5.54 Å². The second-order valence-electron chi connectivity index (χ2n) is 5.16. The van der Waals surface area contributed by atoms with E-state index in [4.69, 9.17) is 10.5 Å². The van der Waals surface area contributed by atoms with Crippen LogP contribution in [0.5, 0.6) is 0 Å². The molecule has 102 valence electrons. The minimum atomic E-state index is -0.893. The fraction of sp³-hybridized carbons (Fsp3) is 0.923. The minimum absolute atomic E-state index is 0.364. The third-order valence-corrected chi connectivity index (χ3v) is 2.71. The summed E-state index contributed by atoms with van der Waals surface area (Å²) in [5.41, 5.74) is 4.93. The summed E-state index contributed by atoms with van der Waals surface area (Å²) in [7, 11) is 1.36. The molecule has 0 aliphatic heterocycles. The van der Waals surface area contributed by atoms with Crippen molar-refractivity contribution in [3.8, 4) is 0 Å². The molecule has 0 fully saturated rings. The van der Waals surface area contributed by atoms with Crippen LogP contribution in [0.25, 0.3) is 0 Å². The third-order valence-electron chi connectivity index (χ3n) is 2.71. The van der Waals surface area contributed by atoms with Crippen molar-refractivity contribution < 1.29 is 14.3 Å². The highest BCUT2D eigenvalue weighted by Gasteiger charge is 2.28. The molecule has 0 radical (unpaired) electrons. The first-order valence-electron chi connectivity index (χ1n) is 6.35. The van der Waals surface area contributed by atoms with E-state index in [1.165, 1.54) is 13.5 Å². The number of carbonyl (C=O) groups excluding carboxylic acids is 1. The SMILES string of the molecule is COC(=O)C(C)(N)CCCOCCCC(C)C. The highest BCUT2D eigenvalue weighted by atomic mass is 16.5. The van der Waals surface area contributed by atoms with Gasteiger partial charge in [0.05, 0.1) is 7.11 Å². The van der Waals surface area contributed by atoms with Crippen LogP contribution in [0, 0.1) is 5.92 Å². The predicted octanol–water partition coefficient (Wildman–Crippen LogP) is 2.11. The molecule has 0 bridgehead atoms. The smallest absolute Gasteiger partial charge is 0.325 e. The van der Waals surface area contributed by atoms with Gasteiger partial charge in [-0.25, -0.2) is 0 Å². The maximum Gasteiger partial charge on any atom is 0.325 e. The number of hydrogen-bond donors (Lipinski definition) is 1. The van der Waals surface area contributed by atoms with Gasteiger partial charge in [0, 0.05) is 13.2 Å². The summed E-state index contributed by atoms with van der Waals surface area (Å²) in [6.45, 7) is 7.55. The van der Waals surface area contributed by atoms with Crippen LogP contribution in [0.2, 0.25) is 0 Å². The Morgan fingerprint density at radius 2 is 1.88 bits per heavy atom. The molecule has 0 spiro atoms. The van der Waals surface area contributed by atoms with E-state index in [0.29, 0.717) is 13.0 Å². The van der Waals surface area contributed by atoms with E-state index < -0.39 is 5.54 Å². The molecule has 4 heteroatoms. The normalized spacial score (nSPS) is 14.7. The van der Waals surface area contributed by atoms with Crippen molar-refractivity contribution in [3.05, 3.63) is 0 Å². The molecule has 17 heavy (non-hydrogen) atoms. The standard InChI is InChI=1S/C13H27NO3/c1-11(2)7-5-9-17-10-6-8-13(3,14)12(15)16-4/h11H,5-10,14H2,1-4H3. The zero-order chi connectivity index (χ0) is 13.3. The molecule has 0 aliphatic rings. The van der Waals surface area contributed by atoms with Crippen LogP contribution in [-0.4, -0.2) is 31.8 Å². The Balaban J connectivity index is 3.48. The zero-order valence-corrected chi connectivity index (χ0v) is 11.6. The predicted molar refractivity (Wildman–Crippen MR) is 68.7 cm³/mol. The third kappa shape index (κ3) is 8.16. The van der Waals surface area contributed by atoms with Crippen molar-refractivity contribution in [2.75, 3.05) is 20.3 Å². The van der Waals surface area contributed by atoms with E-state index >= 15 is 0 Å². The van der Waals surface area contributed by atoms with Crippen molar-refractivity contribution >= 4 is 5.97 Å². The first-order valence-corrected chi connectivity index (χ1v) is 6.35. The van der Waals surface area contributed by atoms with Gasteiger partial charge in [0.25, 0.3) is 0 Å². The van der Waals surface area contributed by atoms with Gasteiger partial charge in [-0.05, 0) is 38.5 Å². The van der Waals surface area contributed by atoms with Gasteiger partial charge in [-0.3, -0.25) is 4.79 Å². The molecule has 0 aromatic rings. The highest BCUT2D eigenvalue weighted by Crippen LogP contribution is 2.11. The van der Waals surface area contributed by atoms with E-state index in [1.807, 2.05) is 0 Å². The summed E-state index contributed by atoms with van der Waals surface area (Å²) in [6, 6.07) is 0. The lowest BCUT2D eigenvalue weighted by molar-refractivity contribution is -0.146. The number of ether oxygens (including phenoxy) is 2. The fourth-order valence-electron chi connectivity index (χ4n) is 1.57. The van der Waals surface area contributed by atoms with Gasteiger partial charge in [0.2, 0.25) is 0 Å². The molecule has 0 aromatic carbocycles. The molecule has 0 aromatic heterocycles. The van der Waals surface area contributed by atoms with Crippen molar-refractivity contribution in [2.24, 2.45) is 11.7 Å². The van der Waals surface area contributed by atoms with Gasteiger partial charge in [-0.15, -0.1) is 0 Å². The quantitative estimate of drug-likeness (QED) is 0.499. The Hall–Kier alpha value is -0.610. The second kappa shape index (κ2) is 8.48. The van der Waals surface area contributed by atoms with Crippen LogP contribution in [0.1, 0.15) is 46.5 Å². The minimum Gasteiger partial charge on any atom is -0.468 e. The molecule has 0 heterocycles. The molecule has 4 nitrogen and oxygen atoms in total. The van der Waals surface area contributed by atoms with Crippen LogP contribution >= 0.6 is 0 Å². The molecule has 0 saturated heterocycles. The van der Waals surface area contributed by atoms with Crippen LogP contribution in [0.3, 0.4) is 0 Å². The van der Waals surface area contributed by atoms with Gasteiger partial charge >= 0.3 is 5.97 Å². The summed E-state index contributed by atoms with van der Waals surface area (Å²) >= 11 is 0. The topological polar surface area (TPSA) is 61.5 Å². The fourth-order valence-corrected chi connectivity index (χ4v) is 1.57. The Morgan fingerprint density at radius 1 is 1.29 bits per heavy atom. The van der Waals surface area contributed by atoms with E-state index in [0.717, 1.165) is 25.4 Å². The van der Waals surface area contributed by atoms with Gasteiger partial charge in [-0.2, -0.15) is 0 Å². The lowest BCUT2D eigenvalue weighted by atomic mass is 9.98. The molecule has 0 aliphatic carbocycles. The summed E-state index contributed by atoms with van der Waals surface area (Å²) in [5, 5.41) is 0. The Bertz CT molecular complexity index is 215. The Labute approximate surface area is 105 Å². The van der Waals surface area contributed by atoms with Gasteiger partial charge < -0.3 is 15.2 Å².